The molecule has 1 heterocycles. The average molecular weight is 255 g/mol. The Balaban J connectivity index is 2.68. The first-order chi connectivity index (χ1) is 7.26. The van der Waals surface area contributed by atoms with Crippen LogP contribution in [0.3, 0.4) is 0 Å². The second kappa shape index (κ2) is 4.96. The van der Waals surface area contributed by atoms with Crippen LogP contribution in [0.4, 0.5) is 8.78 Å². The standard InChI is InChI=1S/C10H19F2NO2S/c1-3-10(11,12)8-13-5-4-6-16(14,15)7-9(13)2/h9H,3-8H2,1-2H3. The molecule has 0 saturated carbocycles. The Morgan fingerprint density at radius 3 is 2.62 bits per heavy atom. The zero-order valence-electron chi connectivity index (χ0n) is 9.75. The zero-order valence-corrected chi connectivity index (χ0v) is 10.6. The summed E-state index contributed by atoms with van der Waals surface area (Å²) in [6.45, 7) is 3.25. The molecule has 1 fully saturated rings. The molecule has 16 heavy (non-hydrogen) atoms. The van der Waals surface area contributed by atoms with Crippen LogP contribution < -0.4 is 0 Å². The van der Waals surface area contributed by atoms with Crippen molar-refractivity contribution in [2.75, 3.05) is 24.6 Å². The summed E-state index contributed by atoms with van der Waals surface area (Å²) in [7, 11) is -3.05. The highest BCUT2D eigenvalue weighted by Gasteiger charge is 2.34. The highest BCUT2D eigenvalue weighted by atomic mass is 32.2. The number of halogens is 2. The largest absolute Gasteiger partial charge is 0.294 e. The van der Waals surface area contributed by atoms with Gasteiger partial charge in [0.15, 0.2) is 9.84 Å². The van der Waals surface area contributed by atoms with E-state index < -0.39 is 15.8 Å². The Hall–Kier alpha value is -0.230. The molecule has 0 aromatic rings. The minimum absolute atomic E-state index is 0.00715. The topological polar surface area (TPSA) is 37.4 Å². The second-order valence-electron chi connectivity index (χ2n) is 4.50. The van der Waals surface area contributed by atoms with Gasteiger partial charge in [0.2, 0.25) is 0 Å². The van der Waals surface area contributed by atoms with Crippen molar-refractivity contribution in [1.82, 2.24) is 4.90 Å². The Bertz CT molecular complexity index is 330. The lowest BCUT2D eigenvalue weighted by molar-refractivity contribution is -0.0412. The third-order valence-corrected chi connectivity index (χ3v) is 4.87. The summed E-state index contributed by atoms with van der Waals surface area (Å²) < 4.78 is 49.4. The molecule has 3 nitrogen and oxygen atoms in total. The molecule has 6 heteroatoms. The minimum Gasteiger partial charge on any atom is -0.294 e. The van der Waals surface area contributed by atoms with Gasteiger partial charge in [-0.2, -0.15) is 0 Å². The fraction of sp³-hybridized carbons (Fsp3) is 1.00. The van der Waals surface area contributed by atoms with Crippen LogP contribution in [0.1, 0.15) is 26.7 Å². The average Bonchev–Trinajstić information content (AvgIpc) is 2.25. The summed E-state index contributed by atoms with van der Waals surface area (Å²) in [6.07, 6.45) is 0.245. The Morgan fingerprint density at radius 1 is 1.44 bits per heavy atom. The zero-order chi connectivity index (χ0) is 12.4. The van der Waals surface area contributed by atoms with Crippen LogP contribution in [0.25, 0.3) is 0 Å². The van der Waals surface area contributed by atoms with Crippen LogP contribution in [0.15, 0.2) is 0 Å². The van der Waals surface area contributed by atoms with E-state index in [-0.39, 0.29) is 30.5 Å². The number of rotatable bonds is 3. The molecule has 0 spiro atoms. The first-order valence-electron chi connectivity index (χ1n) is 5.58. The maximum Gasteiger partial charge on any atom is 0.260 e. The van der Waals surface area contributed by atoms with E-state index in [9.17, 15) is 17.2 Å². The monoisotopic (exact) mass is 255 g/mol. The molecule has 1 rings (SSSR count). The van der Waals surface area contributed by atoms with Crippen molar-refractivity contribution in [1.29, 1.82) is 0 Å². The van der Waals surface area contributed by atoms with Crippen LogP contribution >= 0.6 is 0 Å². The van der Waals surface area contributed by atoms with Gasteiger partial charge in [-0.05, 0) is 19.9 Å². The van der Waals surface area contributed by atoms with Crippen LogP contribution in [0.5, 0.6) is 0 Å². The highest BCUT2D eigenvalue weighted by molar-refractivity contribution is 7.91. The molecule has 1 saturated heterocycles. The lowest BCUT2D eigenvalue weighted by Crippen LogP contribution is -2.43. The molecule has 0 aromatic carbocycles. The van der Waals surface area contributed by atoms with Crippen LogP contribution in [-0.4, -0.2) is 49.9 Å². The van der Waals surface area contributed by atoms with E-state index in [1.54, 1.807) is 11.8 Å². The van der Waals surface area contributed by atoms with Crippen molar-refractivity contribution < 1.29 is 17.2 Å². The van der Waals surface area contributed by atoms with Gasteiger partial charge in [-0.15, -0.1) is 0 Å². The number of hydrogen-bond donors (Lipinski definition) is 0. The predicted molar refractivity (Wildman–Crippen MR) is 59.5 cm³/mol. The van der Waals surface area contributed by atoms with Crippen molar-refractivity contribution in [2.24, 2.45) is 0 Å². The summed E-state index contributed by atoms with van der Waals surface area (Å²) in [4.78, 5) is 1.59. The summed E-state index contributed by atoms with van der Waals surface area (Å²) in [6, 6.07) is -0.315. The predicted octanol–water partition coefficient (Wildman–Crippen LogP) is 1.54. The molecule has 0 bridgehead atoms. The molecule has 1 aliphatic rings. The summed E-state index contributed by atoms with van der Waals surface area (Å²) in [5, 5.41) is 0. The lowest BCUT2D eigenvalue weighted by Gasteiger charge is -2.29. The van der Waals surface area contributed by atoms with Gasteiger partial charge in [0.25, 0.3) is 5.92 Å². The minimum atomic E-state index is -3.05. The van der Waals surface area contributed by atoms with Gasteiger partial charge in [-0.3, -0.25) is 4.90 Å². The Labute approximate surface area is 95.7 Å². The van der Waals surface area contributed by atoms with Crippen molar-refractivity contribution in [3.8, 4) is 0 Å². The molecule has 0 radical (unpaired) electrons. The fourth-order valence-electron chi connectivity index (χ4n) is 1.91. The quantitative estimate of drug-likeness (QED) is 0.767. The fourth-order valence-corrected chi connectivity index (χ4v) is 3.59. The molecule has 0 amide bonds. The van der Waals surface area contributed by atoms with Gasteiger partial charge in [0.1, 0.15) is 0 Å². The van der Waals surface area contributed by atoms with Gasteiger partial charge in [-0.25, -0.2) is 17.2 Å². The van der Waals surface area contributed by atoms with Crippen LogP contribution in [0, 0.1) is 0 Å². The van der Waals surface area contributed by atoms with Gasteiger partial charge in [-0.1, -0.05) is 6.92 Å². The highest BCUT2D eigenvalue weighted by Crippen LogP contribution is 2.22. The van der Waals surface area contributed by atoms with E-state index in [1.807, 2.05) is 0 Å². The Morgan fingerprint density at radius 2 is 2.06 bits per heavy atom. The summed E-state index contributed by atoms with van der Waals surface area (Å²) in [5.41, 5.74) is 0. The van der Waals surface area contributed by atoms with E-state index in [0.29, 0.717) is 13.0 Å². The van der Waals surface area contributed by atoms with Gasteiger partial charge >= 0.3 is 0 Å². The van der Waals surface area contributed by atoms with Crippen LogP contribution in [0.2, 0.25) is 0 Å². The van der Waals surface area contributed by atoms with Gasteiger partial charge in [0, 0.05) is 12.5 Å². The molecule has 1 unspecified atom stereocenters. The molecule has 0 N–H and O–H groups in total. The SMILES string of the molecule is CCC(F)(F)CN1CCCS(=O)(=O)CC1C. The summed E-state index contributed by atoms with van der Waals surface area (Å²) >= 11 is 0. The first kappa shape index (κ1) is 13.8. The molecule has 1 aliphatic heterocycles. The second-order valence-corrected chi connectivity index (χ2v) is 6.73. The van der Waals surface area contributed by atoms with Crippen molar-refractivity contribution >= 4 is 9.84 Å². The molecule has 1 atom stereocenters. The van der Waals surface area contributed by atoms with E-state index in [0.717, 1.165) is 0 Å². The van der Waals surface area contributed by atoms with E-state index >= 15 is 0 Å². The summed E-state index contributed by atoms with van der Waals surface area (Å²) in [5.74, 6) is -2.61. The van der Waals surface area contributed by atoms with Crippen LogP contribution in [-0.2, 0) is 9.84 Å². The third-order valence-electron chi connectivity index (χ3n) is 2.97. The van der Waals surface area contributed by atoms with E-state index in [2.05, 4.69) is 0 Å². The van der Waals surface area contributed by atoms with E-state index in [1.165, 1.54) is 6.92 Å². The number of nitrogens with zero attached hydrogens (tertiary/aromatic N) is 1. The maximum atomic E-state index is 13.2. The maximum absolute atomic E-state index is 13.2. The van der Waals surface area contributed by atoms with E-state index in [4.69, 9.17) is 0 Å². The van der Waals surface area contributed by atoms with Crippen molar-refractivity contribution in [2.45, 2.75) is 38.7 Å². The molecule has 96 valence electrons. The smallest absolute Gasteiger partial charge is 0.260 e. The molecule has 0 aromatic heterocycles. The first-order valence-corrected chi connectivity index (χ1v) is 7.40. The van der Waals surface area contributed by atoms with Gasteiger partial charge in [0.05, 0.1) is 18.1 Å². The Kier molecular flexibility index (Phi) is 4.29. The normalized spacial score (nSPS) is 27.6. The number of sulfone groups is 1. The third kappa shape index (κ3) is 3.97. The van der Waals surface area contributed by atoms with Crippen molar-refractivity contribution in [3.63, 3.8) is 0 Å². The van der Waals surface area contributed by atoms with Crippen molar-refractivity contribution in [3.05, 3.63) is 0 Å². The molecular weight excluding hydrogens is 236 g/mol. The van der Waals surface area contributed by atoms with Gasteiger partial charge < -0.3 is 0 Å². The number of alkyl halides is 2. The number of hydrogen-bond acceptors (Lipinski definition) is 3. The molecular formula is C10H19F2NO2S. The molecule has 0 aliphatic carbocycles. The lowest BCUT2D eigenvalue weighted by atomic mass is 10.2.